The van der Waals surface area contributed by atoms with Gasteiger partial charge >= 0.3 is 0 Å². The number of rotatable bonds is 4. The Bertz CT molecular complexity index is 737. The lowest BCUT2D eigenvalue weighted by Gasteiger charge is -2.16. The molecule has 0 aliphatic carbocycles. The van der Waals surface area contributed by atoms with Gasteiger partial charge in [0.2, 0.25) is 0 Å². The average molecular weight is 321 g/mol. The molecule has 3 nitrogen and oxygen atoms in total. The third-order valence-corrected chi connectivity index (χ3v) is 3.76. The van der Waals surface area contributed by atoms with Crippen LogP contribution in [-0.2, 0) is 0 Å². The highest BCUT2D eigenvalue weighted by atomic mass is 35.5. The van der Waals surface area contributed by atoms with Gasteiger partial charge in [-0.15, -0.1) is 0 Å². The van der Waals surface area contributed by atoms with Gasteiger partial charge in [-0.2, -0.15) is 0 Å². The predicted molar refractivity (Wildman–Crippen MR) is 86.0 cm³/mol. The first kappa shape index (κ1) is 14.4. The molecule has 5 heteroatoms. The third kappa shape index (κ3) is 2.91. The maximum Gasteiger partial charge on any atom is 0.134 e. The van der Waals surface area contributed by atoms with Crippen molar-refractivity contribution in [3.05, 3.63) is 64.1 Å². The molecule has 0 saturated carbocycles. The summed E-state index contributed by atoms with van der Waals surface area (Å²) in [5, 5.41) is 5.45. The van der Waals surface area contributed by atoms with Gasteiger partial charge in [0.05, 0.1) is 15.7 Å². The lowest BCUT2D eigenvalue weighted by Crippen LogP contribution is -2.22. The Kier molecular flexibility index (Phi) is 4.15. The van der Waals surface area contributed by atoms with E-state index in [2.05, 4.69) is 10.3 Å². The Morgan fingerprint density at radius 1 is 1.24 bits per heavy atom. The van der Waals surface area contributed by atoms with E-state index in [0.29, 0.717) is 15.7 Å². The van der Waals surface area contributed by atoms with Crippen LogP contribution in [0.1, 0.15) is 24.4 Å². The smallest absolute Gasteiger partial charge is 0.134 e. The van der Waals surface area contributed by atoms with Crippen LogP contribution in [-0.4, -0.2) is 11.5 Å². The molecular weight excluding hydrogens is 307 g/mol. The normalized spacial score (nSPS) is 12.7. The summed E-state index contributed by atoms with van der Waals surface area (Å²) in [4.78, 5) is 4.36. The number of hydrogen-bond donors (Lipinski definition) is 1. The number of halogens is 2. The number of para-hydroxylation sites is 1. The van der Waals surface area contributed by atoms with E-state index < -0.39 is 0 Å². The first-order chi connectivity index (χ1) is 10.2. The van der Waals surface area contributed by atoms with Gasteiger partial charge in [0.15, 0.2) is 0 Å². The van der Waals surface area contributed by atoms with E-state index in [4.69, 9.17) is 27.6 Å². The summed E-state index contributed by atoms with van der Waals surface area (Å²) in [6, 6.07) is 11.4. The summed E-state index contributed by atoms with van der Waals surface area (Å²) in [6.45, 7) is 2.79. The van der Waals surface area contributed by atoms with E-state index in [1.165, 1.54) is 0 Å². The van der Waals surface area contributed by atoms with Gasteiger partial charge in [0, 0.05) is 11.6 Å². The molecule has 3 rings (SSSR count). The maximum atomic E-state index is 6.28. The molecule has 108 valence electrons. The van der Waals surface area contributed by atoms with E-state index >= 15 is 0 Å². The second kappa shape index (κ2) is 6.06. The van der Waals surface area contributed by atoms with Gasteiger partial charge in [0.25, 0.3) is 0 Å². The summed E-state index contributed by atoms with van der Waals surface area (Å²) in [6.07, 6.45) is 1.59. The molecule has 0 amide bonds. The van der Waals surface area contributed by atoms with Crippen LogP contribution in [0.15, 0.2) is 47.0 Å². The zero-order chi connectivity index (χ0) is 14.8. The zero-order valence-corrected chi connectivity index (χ0v) is 12.9. The Labute approximate surface area is 132 Å². The van der Waals surface area contributed by atoms with Crippen molar-refractivity contribution in [3.8, 4) is 0 Å². The maximum absolute atomic E-state index is 6.28. The highest BCUT2D eigenvalue weighted by Crippen LogP contribution is 2.31. The Hall–Kier alpha value is -1.55. The fraction of sp³-hybridized carbons (Fsp3) is 0.188. The number of aromatic nitrogens is 1. The molecule has 1 N–H and O–H groups in total. The number of furan rings is 1. The quantitative estimate of drug-likeness (QED) is 0.748. The van der Waals surface area contributed by atoms with Crippen LogP contribution < -0.4 is 5.32 Å². The van der Waals surface area contributed by atoms with Gasteiger partial charge in [-0.3, -0.25) is 4.98 Å². The van der Waals surface area contributed by atoms with Crippen molar-refractivity contribution in [2.24, 2.45) is 0 Å². The number of fused-ring (bicyclic) bond motifs is 1. The van der Waals surface area contributed by atoms with Gasteiger partial charge < -0.3 is 9.73 Å². The third-order valence-electron chi connectivity index (χ3n) is 3.25. The van der Waals surface area contributed by atoms with Crippen LogP contribution in [0, 0.1) is 0 Å². The lowest BCUT2D eigenvalue weighted by atomic mass is 10.1. The van der Waals surface area contributed by atoms with E-state index in [9.17, 15) is 0 Å². The van der Waals surface area contributed by atoms with Crippen molar-refractivity contribution in [2.45, 2.75) is 13.0 Å². The van der Waals surface area contributed by atoms with Crippen LogP contribution in [0.4, 0.5) is 0 Å². The molecule has 21 heavy (non-hydrogen) atoms. The summed E-state index contributed by atoms with van der Waals surface area (Å²) >= 11 is 12.2. The van der Waals surface area contributed by atoms with Gasteiger partial charge in [-0.05, 0) is 24.7 Å². The minimum absolute atomic E-state index is 0.202. The van der Waals surface area contributed by atoms with Crippen molar-refractivity contribution >= 4 is 34.2 Å². The fourth-order valence-electron chi connectivity index (χ4n) is 2.32. The molecule has 0 aliphatic rings. The molecule has 1 atom stereocenters. The summed E-state index contributed by atoms with van der Waals surface area (Å²) in [5.41, 5.74) is 1.56. The predicted octanol–water partition coefficient (Wildman–Crippen LogP) is 4.83. The number of benzene rings is 1. The molecule has 2 aromatic heterocycles. The van der Waals surface area contributed by atoms with Crippen LogP contribution in [0.3, 0.4) is 0 Å². The lowest BCUT2D eigenvalue weighted by molar-refractivity contribution is 0.471. The molecule has 1 unspecified atom stereocenters. The van der Waals surface area contributed by atoms with Crippen LogP contribution in [0.5, 0.6) is 0 Å². The summed E-state index contributed by atoms with van der Waals surface area (Å²) in [7, 11) is 0. The Morgan fingerprint density at radius 2 is 2.05 bits per heavy atom. The second-order valence-electron chi connectivity index (χ2n) is 4.70. The van der Waals surface area contributed by atoms with Gasteiger partial charge in [-0.1, -0.05) is 48.3 Å². The van der Waals surface area contributed by atoms with Crippen molar-refractivity contribution in [1.82, 2.24) is 10.3 Å². The minimum Gasteiger partial charge on any atom is -0.459 e. The van der Waals surface area contributed by atoms with Crippen LogP contribution >= 0.6 is 23.2 Å². The molecule has 0 radical (unpaired) electrons. The molecule has 0 saturated heterocycles. The van der Waals surface area contributed by atoms with E-state index in [-0.39, 0.29) is 6.04 Å². The molecule has 0 fully saturated rings. The molecular formula is C16H14Cl2N2O. The highest BCUT2D eigenvalue weighted by molar-refractivity contribution is 6.34. The van der Waals surface area contributed by atoms with E-state index in [1.54, 1.807) is 12.3 Å². The first-order valence-electron chi connectivity index (χ1n) is 6.72. The van der Waals surface area contributed by atoms with Crippen molar-refractivity contribution in [2.75, 3.05) is 6.54 Å². The largest absolute Gasteiger partial charge is 0.459 e. The molecule has 0 bridgehead atoms. The van der Waals surface area contributed by atoms with Crippen molar-refractivity contribution < 1.29 is 4.42 Å². The molecule has 0 aliphatic heterocycles. The van der Waals surface area contributed by atoms with Gasteiger partial charge in [-0.25, -0.2) is 0 Å². The number of pyridine rings is 1. The van der Waals surface area contributed by atoms with Crippen LogP contribution in [0.2, 0.25) is 10.0 Å². The van der Waals surface area contributed by atoms with Crippen molar-refractivity contribution in [1.29, 1.82) is 0 Å². The number of hydrogen-bond acceptors (Lipinski definition) is 3. The highest BCUT2D eigenvalue weighted by Gasteiger charge is 2.21. The zero-order valence-electron chi connectivity index (χ0n) is 11.4. The van der Waals surface area contributed by atoms with Crippen molar-refractivity contribution in [3.63, 3.8) is 0 Å². The standard InChI is InChI=1S/C16H14Cl2N2O/c1-2-19-16(15-12(18)8-11(17)9-20-15)14-7-10-5-3-4-6-13(10)21-14/h3-9,16,19H,2H2,1H3. The Morgan fingerprint density at radius 3 is 2.76 bits per heavy atom. The fourth-order valence-corrected chi connectivity index (χ4v) is 2.81. The molecule has 3 aromatic rings. The summed E-state index contributed by atoms with van der Waals surface area (Å²) in [5.74, 6) is 0.787. The van der Waals surface area contributed by atoms with Gasteiger partial charge in [0.1, 0.15) is 17.4 Å². The first-order valence-corrected chi connectivity index (χ1v) is 7.47. The monoisotopic (exact) mass is 320 g/mol. The Balaban J connectivity index is 2.08. The SMILES string of the molecule is CCNC(c1cc2ccccc2o1)c1ncc(Cl)cc1Cl. The topological polar surface area (TPSA) is 38.1 Å². The molecule has 2 heterocycles. The van der Waals surface area contributed by atoms with Crippen LogP contribution in [0.25, 0.3) is 11.0 Å². The second-order valence-corrected chi connectivity index (χ2v) is 5.54. The number of nitrogens with zero attached hydrogens (tertiary/aromatic N) is 1. The summed E-state index contributed by atoms with van der Waals surface area (Å²) < 4.78 is 5.93. The van der Waals surface area contributed by atoms with E-state index in [0.717, 1.165) is 23.3 Å². The average Bonchev–Trinajstić information content (AvgIpc) is 2.89. The molecule has 1 aromatic carbocycles. The van der Waals surface area contributed by atoms with E-state index in [1.807, 2.05) is 37.3 Å². The minimum atomic E-state index is -0.202. The molecule has 0 spiro atoms. The number of nitrogens with one attached hydrogen (secondary N) is 1.